The van der Waals surface area contributed by atoms with Gasteiger partial charge in [-0.2, -0.15) is 0 Å². The van der Waals surface area contributed by atoms with Gasteiger partial charge < -0.3 is 24.6 Å². The molecule has 2 N–H and O–H groups in total. The molecule has 5 rings (SSSR count). The Morgan fingerprint density at radius 3 is 2.58 bits per heavy atom. The second kappa shape index (κ2) is 11.0. The van der Waals surface area contributed by atoms with Crippen molar-refractivity contribution in [2.24, 2.45) is 5.92 Å². The predicted octanol–water partition coefficient (Wildman–Crippen LogP) is 5.11. The Labute approximate surface area is 229 Å². The maximum atomic E-state index is 13.6. The van der Waals surface area contributed by atoms with Gasteiger partial charge in [0.05, 0.1) is 30.1 Å². The number of halogens is 2. The standard InChI is InChI=1S/C27H25Cl2N5O4/c1-2-38-21-6-4-3-5-20(21)34-10-9-17-13-18(14-19(23(17)34)32-26(36)16-7-8-16)33(11-12-35)27(37)22-24(28)30-15-31-25(22)29/h3-6,9-10,13-16,35H,2,7-8,11-12H2,1H3,(H,32,36). The zero-order chi connectivity index (χ0) is 26.8. The van der Waals surface area contributed by atoms with E-state index in [0.717, 1.165) is 35.8 Å². The van der Waals surface area contributed by atoms with Gasteiger partial charge in [-0.3, -0.25) is 9.59 Å². The van der Waals surface area contributed by atoms with Crippen molar-refractivity contribution in [1.82, 2.24) is 14.5 Å². The topological polar surface area (TPSA) is 110 Å². The quantitative estimate of drug-likeness (QED) is 0.278. The maximum Gasteiger partial charge on any atom is 0.264 e. The molecule has 1 fully saturated rings. The van der Waals surface area contributed by atoms with E-state index in [-0.39, 0.29) is 40.8 Å². The average Bonchev–Trinajstić information content (AvgIpc) is 3.67. The van der Waals surface area contributed by atoms with Crippen LogP contribution in [-0.2, 0) is 4.79 Å². The highest BCUT2D eigenvalue weighted by molar-refractivity contribution is 6.39. The Bertz CT molecular complexity index is 1500. The molecule has 1 aliphatic carbocycles. The lowest BCUT2D eigenvalue weighted by Crippen LogP contribution is -2.34. The molecule has 196 valence electrons. The molecule has 1 aliphatic rings. The first kappa shape index (κ1) is 26.0. The number of para-hydroxylation sites is 2. The van der Waals surface area contributed by atoms with Gasteiger partial charge in [-0.1, -0.05) is 35.3 Å². The smallest absolute Gasteiger partial charge is 0.264 e. The minimum absolute atomic E-state index is 0.0397. The molecule has 0 spiro atoms. The van der Waals surface area contributed by atoms with E-state index in [2.05, 4.69) is 15.3 Å². The number of hydrogen-bond acceptors (Lipinski definition) is 6. The zero-order valence-electron chi connectivity index (χ0n) is 20.5. The lowest BCUT2D eigenvalue weighted by molar-refractivity contribution is -0.117. The molecule has 0 unspecified atom stereocenters. The second-order valence-corrected chi connectivity index (χ2v) is 9.51. The number of rotatable bonds is 9. The molecule has 0 saturated heterocycles. The fraction of sp³-hybridized carbons (Fsp3) is 0.259. The van der Waals surface area contributed by atoms with Crippen molar-refractivity contribution in [1.29, 1.82) is 0 Å². The van der Waals surface area contributed by atoms with E-state index >= 15 is 0 Å². The van der Waals surface area contributed by atoms with Gasteiger partial charge in [-0.25, -0.2) is 9.97 Å². The van der Waals surface area contributed by atoms with Crippen LogP contribution in [-0.4, -0.2) is 51.2 Å². The first-order valence-corrected chi connectivity index (χ1v) is 12.9. The number of anilines is 2. The molecule has 38 heavy (non-hydrogen) atoms. The van der Waals surface area contributed by atoms with Crippen molar-refractivity contribution in [3.8, 4) is 11.4 Å². The Morgan fingerprint density at radius 2 is 1.89 bits per heavy atom. The summed E-state index contributed by atoms with van der Waals surface area (Å²) >= 11 is 12.4. The number of aromatic nitrogens is 3. The van der Waals surface area contributed by atoms with Gasteiger partial charge in [0.15, 0.2) is 0 Å². The van der Waals surface area contributed by atoms with Crippen LogP contribution < -0.4 is 15.0 Å². The van der Waals surface area contributed by atoms with E-state index in [4.69, 9.17) is 27.9 Å². The molecule has 0 bridgehead atoms. The fourth-order valence-electron chi connectivity index (χ4n) is 4.34. The molecule has 1 saturated carbocycles. The van der Waals surface area contributed by atoms with Gasteiger partial charge in [0, 0.05) is 29.7 Å². The number of carbonyl (C=O) groups excluding carboxylic acids is 2. The average molecular weight is 554 g/mol. The summed E-state index contributed by atoms with van der Waals surface area (Å²) in [5.41, 5.74) is 2.43. The van der Waals surface area contributed by atoms with E-state index < -0.39 is 5.91 Å². The number of nitrogens with one attached hydrogen (secondary N) is 1. The van der Waals surface area contributed by atoms with Gasteiger partial charge in [0.25, 0.3) is 5.91 Å². The summed E-state index contributed by atoms with van der Waals surface area (Å²) in [4.78, 5) is 35.6. The largest absolute Gasteiger partial charge is 0.492 e. The number of fused-ring (bicyclic) bond motifs is 1. The Kier molecular flexibility index (Phi) is 7.51. The van der Waals surface area contributed by atoms with Crippen LogP contribution in [0.25, 0.3) is 16.6 Å². The van der Waals surface area contributed by atoms with Gasteiger partial charge in [-0.15, -0.1) is 0 Å². The third-order valence-electron chi connectivity index (χ3n) is 6.25. The maximum absolute atomic E-state index is 13.6. The van der Waals surface area contributed by atoms with Crippen LogP contribution in [0.15, 0.2) is 55.0 Å². The highest BCUT2D eigenvalue weighted by atomic mass is 35.5. The molecular weight excluding hydrogens is 529 g/mol. The first-order valence-electron chi connectivity index (χ1n) is 12.2. The van der Waals surface area contributed by atoms with Crippen molar-refractivity contribution < 1.29 is 19.4 Å². The molecule has 2 amide bonds. The summed E-state index contributed by atoms with van der Waals surface area (Å²) < 4.78 is 7.80. The third kappa shape index (κ3) is 5.05. The molecule has 0 atom stereocenters. The van der Waals surface area contributed by atoms with E-state index in [1.165, 1.54) is 4.90 Å². The number of aliphatic hydroxyl groups is 1. The van der Waals surface area contributed by atoms with E-state index in [1.54, 1.807) is 12.1 Å². The molecule has 2 aromatic carbocycles. The van der Waals surface area contributed by atoms with E-state index in [9.17, 15) is 14.7 Å². The molecule has 2 aromatic heterocycles. The van der Waals surface area contributed by atoms with Crippen molar-refractivity contribution in [2.45, 2.75) is 19.8 Å². The molecule has 0 radical (unpaired) electrons. The SMILES string of the molecule is CCOc1ccccc1-n1ccc2cc(N(CCO)C(=O)c3c(Cl)ncnc3Cl)cc(NC(=O)C3CC3)c21. The van der Waals surface area contributed by atoms with Gasteiger partial charge in [0.1, 0.15) is 27.9 Å². The summed E-state index contributed by atoms with van der Waals surface area (Å²) in [5.74, 6) is -0.00458. The Hall–Kier alpha value is -3.66. The first-order chi connectivity index (χ1) is 18.4. The van der Waals surface area contributed by atoms with Crippen molar-refractivity contribution in [3.05, 3.63) is 70.9 Å². The van der Waals surface area contributed by atoms with Crippen LogP contribution in [0.5, 0.6) is 5.75 Å². The Morgan fingerprint density at radius 1 is 1.16 bits per heavy atom. The van der Waals surface area contributed by atoms with Crippen LogP contribution in [0.3, 0.4) is 0 Å². The lowest BCUT2D eigenvalue weighted by Gasteiger charge is -2.24. The van der Waals surface area contributed by atoms with Gasteiger partial charge in [-0.05, 0) is 50.1 Å². The molecular formula is C27H25Cl2N5O4. The van der Waals surface area contributed by atoms with E-state index in [0.29, 0.717) is 23.7 Å². The zero-order valence-corrected chi connectivity index (χ0v) is 22.0. The highest BCUT2D eigenvalue weighted by Crippen LogP contribution is 2.38. The summed E-state index contributed by atoms with van der Waals surface area (Å²) in [6, 6.07) is 13.0. The molecule has 0 aliphatic heterocycles. The van der Waals surface area contributed by atoms with Crippen molar-refractivity contribution in [2.75, 3.05) is 30.0 Å². The van der Waals surface area contributed by atoms with Crippen LogP contribution in [0.2, 0.25) is 10.3 Å². The summed E-state index contributed by atoms with van der Waals surface area (Å²) in [5, 5.41) is 13.4. The number of benzene rings is 2. The van der Waals surface area contributed by atoms with Crippen LogP contribution in [0.1, 0.15) is 30.1 Å². The highest BCUT2D eigenvalue weighted by Gasteiger charge is 2.31. The van der Waals surface area contributed by atoms with Crippen LogP contribution in [0, 0.1) is 5.92 Å². The number of amides is 2. The Balaban J connectivity index is 1.66. The molecule has 2 heterocycles. The van der Waals surface area contributed by atoms with Crippen molar-refractivity contribution in [3.63, 3.8) is 0 Å². The van der Waals surface area contributed by atoms with Crippen molar-refractivity contribution >= 4 is 57.3 Å². The van der Waals surface area contributed by atoms with Gasteiger partial charge in [0.2, 0.25) is 5.91 Å². The van der Waals surface area contributed by atoms with Gasteiger partial charge >= 0.3 is 0 Å². The van der Waals surface area contributed by atoms with Crippen LogP contribution >= 0.6 is 23.2 Å². The second-order valence-electron chi connectivity index (χ2n) is 8.79. The molecule has 4 aromatic rings. The normalized spacial score (nSPS) is 12.9. The number of carbonyl (C=O) groups is 2. The lowest BCUT2D eigenvalue weighted by atomic mass is 10.1. The fourth-order valence-corrected chi connectivity index (χ4v) is 4.81. The third-order valence-corrected chi connectivity index (χ3v) is 6.82. The number of nitrogens with zero attached hydrogens (tertiary/aromatic N) is 4. The molecule has 9 nitrogen and oxygen atoms in total. The number of hydrogen-bond donors (Lipinski definition) is 2. The number of ether oxygens (including phenoxy) is 1. The summed E-state index contributed by atoms with van der Waals surface area (Å²) in [7, 11) is 0. The molecule has 11 heteroatoms. The summed E-state index contributed by atoms with van der Waals surface area (Å²) in [6.07, 6.45) is 4.72. The summed E-state index contributed by atoms with van der Waals surface area (Å²) in [6.45, 7) is 2.05. The minimum Gasteiger partial charge on any atom is -0.492 e. The predicted molar refractivity (Wildman–Crippen MR) is 147 cm³/mol. The monoisotopic (exact) mass is 553 g/mol. The van der Waals surface area contributed by atoms with Crippen LogP contribution in [0.4, 0.5) is 11.4 Å². The minimum atomic E-state index is -0.574. The number of aliphatic hydroxyl groups excluding tert-OH is 1. The van der Waals surface area contributed by atoms with E-state index in [1.807, 2.05) is 48.0 Å².